The van der Waals surface area contributed by atoms with Gasteiger partial charge in [0.15, 0.2) is 4.34 Å². The number of nitrogens with zero attached hydrogens (tertiary/aromatic N) is 2. The molecule has 20 heavy (non-hydrogen) atoms. The van der Waals surface area contributed by atoms with Crippen molar-refractivity contribution in [3.63, 3.8) is 0 Å². The largest absolute Gasteiger partial charge is 0.296 e. The fourth-order valence-electron chi connectivity index (χ4n) is 1.63. The molecule has 0 atom stereocenters. The molecule has 0 unspecified atom stereocenters. The van der Waals surface area contributed by atoms with Crippen molar-refractivity contribution in [2.24, 2.45) is 0 Å². The first-order valence-corrected chi connectivity index (χ1v) is 8.23. The second-order valence-corrected chi connectivity index (χ2v) is 7.39. The van der Waals surface area contributed by atoms with Gasteiger partial charge in [-0.05, 0) is 29.4 Å². The van der Waals surface area contributed by atoms with E-state index in [-0.39, 0.29) is 11.3 Å². The summed E-state index contributed by atoms with van der Waals surface area (Å²) >= 11 is 2.88. The Bertz CT molecular complexity index is 600. The van der Waals surface area contributed by atoms with Crippen LogP contribution in [0.4, 0.5) is 5.13 Å². The van der Waals surface area contributed by atoms with E-state index in [9.17, 15) is 4.79 Å². The third-order valence-electron chi connectivity index (χ3n) is 2.81. The molecule has 1 heterocycles. The molecule has 1 N–H and O–H groups in total. The fraction of sp³-hybridized carbons (Fsp3) is 0.357. The fourth-order valence-corrected chi connectivity index (χ4v) is 2.80. The average molecular weight is 307 g/mol. The van der Waals surface area contributed by atoms with Crippen LogP contribution >= 0.6 is 23.1 Å². The van der Waals surface area contributed by atoms with Crippen LogP contribution in [0.25, 0.3) is 0 Å². The summed E-state index contributed by atoms with van der Waals surface area (Å²) < 4.78 is 0.836. The summed E-state index contributed by atoms with van der Waals surface area (Å²) in [7, 11) is 0. The average Bonchev–Trinajstić information content (AvgIpc) is 2.85. The molecule has 106 valence electrons. The van der Waals surface area contributed by atoms with Gasteiger partial charge < -0.3 is 0 Å². The molecule has 6 heteroatoms. The van der Waals surface area contributed by atoms with Crippen LogP contribution in [0.3, 0.4) is 0 Å². The van der Waals surface area contributed by atoms with E-state index in [4.69, 9.17) is 0 Å². The van der Waals surface area contributed by atoms with E-state index in [0.717, 1.165) is 4.34 Å². The van der Waals surface area contributed by atoms with Gasteiger partial charge in [-0.25, -0.2) is 0 Å². The van der Waals surface area contributed by atoms with Crippen molar-refractivity contribution in [3.05, 3.63) is 35.4 Å². The summed E-state index contributed by atoms with van der Waals surface area (Å²) in [6.07, 6.45) is 1.93. The van der Waals surface area contributed by atoms with Gasteiger partial charge in [0.25, 0.3) is 5.91 Å². The third-order valence-corrected chi connectivity index (χ3v) is 4.63. The Morgan fingerprint density at radius 1 is 1.20 bits per heavy atom. The number of hydrogen-bond acceptors (Lipinski definition) is 5. The highest BCUT2D eigenvalue weighted by Crippen LogP contribution is 2.24. The second-order valence-electron chi connectivity index (χ2n) is 5.36. The highest BCUT2D eigenvalue weighted by atomic mass is 32.2. The molecule has 0 radical (unpaired) electrons. The van der Waals surface area contributed by atoms with Gasteiger partial charge in [0, 0.05) is 5.56 Å². The predicted octanol–water partition coefficient (Wildman–Crippen LogP) is 3.81. The Morgan fingerprint density at radius 2 is 1.85 bits per heavy atom. The van der Waals surface area contributed by atoms with E-state index in [2.05, 4.69) is 36.3 Å². The summed E-state index contributed by atoms with van der Waals surface area (Å²) in [4.78, 5) is 12.1. The number of carbonyl (C=O) groups is 1. The van der Waals surface area contributed by atoms with Gasteiger partial charge in [-0.15, -0.1) is 10.2 Å². The van der Waals surface area contributed by atoms with Crippen molar-refractivity contribution in [1.82, 2.24) is 10.2 Å². The van der Waals surface area contributed by atoms with Gasteiger partial charge in [0.05, 0.1) is 0 Å². The number of amides is 1. The number of nitrogens with one attached hydrogen (secondary N) is 1. The standard InChI is InChI=1S/C14H17N3OS2/c1-14(2,3)10-7-5-9(6-8-10)11(18)15-12-16-17-13(19-4)20-12/h5-8H,1-4H3,(H,15,16,18). The minimum absolute atomic E-state index is 0.0848. The van der Waals surface area contributed by atoms with Crippen LogP contribution in [0.5, 0.6) is 0 Å². The summed E-state index contributed by atoms with van der Waals surface area (Å²) in [5.41, 5.74) is 1.91. The third kappa shape index (κ3) is 3.58. The van der Waals surface area contributed by atoms with E-state index in [1.807, 2.05) is 30.5 Å². The number of aromatic nitrogens is 2. The number of benzene rings is 1. The van der Waals surface area contributed by atoms with Gasteiger partial charge in [0.2, 0.25) is 5.13 Å². The zero-order chi connectivity index (χ0) is 14.8. The lowest BCUT2D eigenvalue weighted by molar-refractivity contribution is 0.102. The molecule has 0 aliphatic carbocycles. The van der Waals surface area contributed by atoms with Gasteiger partial charge >= 0.3 is 0 Å². The molecule has 0 saturated heterocycles. The Kier molecular flexibility index (Phi) is 4.45. The lowest BCUT2D eigenvalue weighted by Crippen LogP contribution is -2.14. The van der Waals surface area contributed by atoms with Crippen LogP contribution < -0.4 is 5.32 Å². The van der Waals surface area contributed by atoms with Crippen LogP contribution in [0.1, 0.15) is 36.7 Å². The SMILES string of the molecule is CSc1nnc(NC(=O)c2ccc(C(C)(C)C)cc2)s1. The van der Waals surface area contributed by atoms with Crippen molar-refractivity contribution < 1.29 is 4.79 Å². The Hall–Kier alpha value is -1.40. The van der Waals surface area contributed by atoms with Gasteiger partial charge in [-0.3, -0.25) is 10.1 Å². The van der Waals surface area contributed by atoms with Gasteiger partial charge in [0.1, 0.15) is 0 Å². The van der Waals surface area contributed by atoms with Gasteiger partial charge in [-0.1, -0.05) is 56.0 Å². The maximum absolute atomic E-state index is 12.1. The number of rotatable bonds is 3. The zero-order valence-electron chi connectivity index (χ0n) is 11.9. The topological polar surface area (TPSA) is 54.9 Å². The molecule has 0 aliphatic heterocycles. The molecule has 2 rings (SSSR count). The first-order chi connectivity index (χ1) is 9.40. The minimum Gasteiger partial charge on any atom is -0.296 e. The Labute approximate surface area is 127 Å². The van der Waals surface area contributed by atoms with Crippen LogP contribution in [-0.4, -0.2) is 22.4 Å². The number of carbonyl (C=O) groups excluding carboxylic acids is 1. The summed E-state index contributed by atoms with van der Waals surface area (Å²) in [6.45, 7) is 6.44. The van der Waals surface area contributed by atoms with Gasteiger partial charge in [-0.2, -0.15) is 0 Å². The molecular formula is C14H17N3OS2. The lowest BCUT2D eigenvalue weighted by atomic mass is 9.87. The maximum Gasteiger partial charge on any atom is 0.257 e. The molecule has 0 fully saturated rings. The van der Waals surface area contributed by atoms with E-state index in [0.29, 0.717) is 10.7 Å². The Morgan fingerprint density at radius 3 is 2.35 bits per heavy atom. The zero-order valence-corrected chi connectivity index (χ0v) is 13.6. The van der Waals surface area contributed by atoms with Crippen molar-refractivity contribution in [1.29, 1.82) is 0 Å². The van der Waals surface area contributed by atoms with Crippen molar-refractivity contribution in [2.75, 3.05) is 11.6 Å². The quantitative estimate of drug-likeness (QED) is 0.692. The first-order valence-electron chi connectivity index (χ1n) is 6.19. The molecule has 1 amide bonds. The van der Waals surface area contributed by atoms with E-state index in [1.165, 1.54) is 28.7 Å². The number of anilines is 1. The second kappa shape index (κ2) is 5.93. The molecule has 1 aromatic carbocycles. The smallest absolute Gasteiger partial charge is 0.257 e. The number of hydrogen-bond donors (Lipinski definition) is 1. The minimum atomic E-state index is -0.158. The predicted molar refractivity (Wildman–Crippen MR) is 84.8 cm³/mol. The van der Waals surface area contributed by atoms with Crippen molar-refractivity contribution in [2.45, 2.75) is 30.5 Å². The van der Waals surface area contributed by atoms with Crippen LogP contribution in [0.2, 0.25) is 0 Å². The maximum atomic E-state index is 12.1. The molecule has 0 saturated carbocycles. The van der Waals surface area contributed by atoms with E-state index in [1.54, 1.807) is 0 Å². The normalized spacial score (nSPS) is 11.4. The summed E-state index contributed by atoms with van der Waals surface area (Å²) in [5, 5.41) is 11.2. The number of thioether (sulfide) groups is 1. The molecule has 0 spiro atoms. The summed E-state index contributed by atoms with van der Waals surface area (Å²) in [5.74, 6) is -0.158. The molecule has 1 aromatic heterocycles. The molecular weight excluding hydrogens is 290 g/mol. The molecule has 4 nitrogen and oxygen atoms in total. The molecule has 2 aromatic rings. The highest BCUT2D eigenvalue weighted by molar-refractivity contribution is 8.00. The molecule has 0 aliphatic rings. The van der Waals surface area contributed by atoms with Crippen LogP contribution in [0.15, 0.2) is 28.6 Å². The van der Waals surface area contributed by atoms with Crippen molar-refractivity contribution >= 4 is 34.1 Å². The Balaban J connectivity index is 2.09. The highest BCUT2D eigenvalue weighted by Gasteiger charge is 2.15. The van der Waals surface area contributed by atoms with E-state index < -0.39 is 0 Å². The van der Waals surface area contributed by atoms with Crippen molar-refractivity contribution in [3.8, 4) is 0 Å². The molecule has 0 bridgehead atoms. The van der Waals surface area contributed by atoms with Crippen LogP contribution in [0, 0.1) is 0 Å². The van der Waals surface area contributed by atoms with Crippen LogP contribution in [-0.2, 0) is 5.41 Å². The first kappa shape index (κ1) is 15.0. The lowest BCUT2D eigenvalue weighted by Gasteiger charge is -2.18. The summed E-state index contributed by atoms with van der Waals surface area (Å²) in [6, 6.07) is 7.66. The van der Waals surface area contributed by atoms with E-state index >= 15 is 0 Å². The monoisotopic (exact) mass is 307 g/mol.